The van der Waals surface area contributed by atoms with Crippen LogP contribution in [0.5, 0.6) is 11.5 Å². The van der Waals surface area contributed by atoms with Crippen molar-refractivity contribution in [1.82, 2.24) is 10.1 Å². The maximum absolute atomic E-state index is 9.39. The number of phenols is 2. The second kappa shape index (κ2) is 5.50. The standard InChI is InChI=1S/C12H15N3O3/c13-6-2-1-3-11-14-12(15-18-11)8-4-5-9(16)10(17)7-8/h4-5,7,16-17H,1-3,6,13H2. The molecule has 0 aliphatic heterocycles. The summed E-state index contributed by atoms with van der Waals surface area (Å²) < 4.78 is 5.09. The van der Waals surface area contributed by atoms with E-state index in [9.17, 15) is 10.2 Å². The van der Waals surface area contributed by atoms with Crippen molar-refractivity contribution in [3.63, 3.8) is 0 Å². The van der Waals surface area contributed by atoms with Crippen molar-refractivity contribution in [2.45, 2.75) is 19.3 Å². The summed E-state index contributed by atoms with van der Waals surface area (Å²) in [7, 11) is 0. The van der Waals surface area contributed by atoms with E-state index in [0.29, 0.717) is 30.2 Å². The van der Waals surface area contributed by atoms with Crippen LogP contribution in [0.4, 0.5) is 0 Å². The first-order valence-corrected chi connectivity index (χ1v) is 5.75. The zero-order chi connectivity index (χ0) is 13.0. The van der Waals surface area contributed by atoms with Crippen LogP contribution in [0.25, 0.3) is 11.4 Å². The molecule has 0 unspecified atom stereocenters. The van der Waals surface area contributed by atoms with Crippen LogP contribution in [0, 0.1) is 0 Å². The molecule has 18 heavy (non-hydrogen) atoms. The van der Waals surface area contributed by atoms with E-state index in [1.165, 1.54) is 12.1 Å². The van der Waals surface area contributed by atoms with Crippen LogP contribution in [0.3, 0.4) is 0 Å². The van der Waals surface area contributed by atoms with Crippen LogP contribution in [0.15, 0.2) is 22.7 Å². The molecule has 96 valence electrons. The molecule has 6 heteroatoms. The number of rotatable bonds is 5. The first kappa shape index (κ1) is 12.4. The fourth-order valence-electron chi connectivity index (χ4n) is 1.56. The van der Waals surface area contributed by atoms with Gasteiger partial charge in [-0.2, -0.15) is 4.98 Å². The van der Waals surface area contributed by atoms with Gasteiger partial charge >= 0.3 is 0 Å². The molecule has 0 aliphatic carbocycles. The summed E-state index contributed by atoms with van der Waals surface area (Å²) in [4.78, 5) is 4.21. The molecule has 2 aromatic rings. The Hall–Kier alpha value is -2.08. The largest absolute Gasteiger partial charge is 0.504 e. The Labute approximate surface area is 104 Å². The second-order valence-electron chi connectivity index (χ2n) is 3.96. The molecular weight excluding hydrogens is 234 g/mol. The molecule has 2 rings (SSSR count). The molecule has 0 saturated carbocycles. The summed E-state index contributed by atoms with van der Waals surface area (Å²) in [5.74, 6) is 0.562. The van der Waals surface area contributed by atoms with Crippen LogP contribution in [-0.4, -0.2) is 26.9 Å². The van der Waals surface area contributed by atoms with Gasteiger partial charge in [-0.1, -0.05) is 5.16 Å². The van der Waals surface area contributed by atoms with Crippen LogP contribution in [0.2, 0.25) is 0 Å². The number of nitrogens with zero attached hydrogens (tertiary/aromatic N) is 2. The summed E-state index contributed by atoms with van der Waals surface area (Å²) in [5.41, 5.74) is 6.00. The summed E-state index contributed by atoms with van der Waals surface area (Å²) in [6, 6.07) is 4.39. The molecule has 1 aromatic heterocycles. The van der Waals surface area contributed by atoms with E-state index >= 15 is 0 Å². The van der Waals surface area contributed by atoms with Gasteiger partial charge in [0, 0.05) is 12.0 Å². The van der Waals surface area contributed by atoms with Gasteiger partial charge < -0.3 is 20.5 Å². The number of aromatic hydroxyl groups is 2. The zero-order valence-corrected chi connectivity index (χ0v) is 9.83. The van der Waals surface area contributed by atoms with Gasteiger partial charge in [-0.15, -0.1) is 0 Å². The molecule has 0 saturated heterocycles. The molecule has 0 spiro atoms. The molecule has 6 nitrogen and oxygen atoms in total. The van der Waals surface area contributed by atoms with Gasteiger partial charge in [0.15, 0.2) is 11.5 Å². The van der Waals surface area contributed by atoms with Crippen molar-refractivity contribution in [1.29, 1.82) is 0 Å². The summed E-state index contributed by atoms with van der Waals surface area (Å²) in [6.07, 6.45) is 2.50. The lowest BCUT2D eigenvalue weighted by Crippen LogP contribution is -1.99. The minimum atomic E-state index is -0.206. The van der Waals surface area contributed by atoms with Gasteiger partial charge in [0.1, 0.15) is 0 Å². The molecule has 1 heterocycles. The number of hydrogen-bond acceptors (Lipinski definition) is 6. The molecule has 4 N–H and O–H groups in total. The Balaban J connectivity index is 2.11. The van der Waals surface area contributed by atoms with Crippen LogP contribution >= 0.6 is 0 Å². The zero-order valence-electron chi connectivity index (χ0n) is 9.83. The van der Waals surface area contributed by atoms with E-state index < -0.39 is 0 Å². The summed E-state index contributed by atoms with van der Waals surface area (Å²) in [6.45, 7) is 0.646. The molecule has 1 aromatic carbocycles. The molecule has 0 bridgehead atoms. The Morgan fingerprint density at radius 2 is 2.00 bits per heavy atom. The molecule has 0 amide bonds. The van der Waals surface area contributed by atoms with E-state index in [1.54, 1.807) is 6.07 Å². The fourth-order valence-corrected chi connectivity index (χ4v) is 1.56. The highest BCUT2D eigenvalue weighted by Crippen LogP contribution is 2.29. The molecule has 0 radical (unpaired) electrons. The highest BCUT2D eigenvalue weighted by atomic mass is 16.5. The minimum absolute atomic E-state index is 0.176. The lowest BCUT2D eigenvalue weighted by Gasteiger charge is -1.98. The van der Waals surface area contributed by atoms with Crippen molar-refractivity contribution < 1.29 is 14.7 Å². The predicted molar refractivity (Wildman–Crippen MR) is 65.1 cm³/mol. The van der Waals surface area contributed by atoms with Gasteiger partial charge in [-0.25, -0.2) is 0 Å². The number of unbranched alkanes of at least 4 members (excludes halogenated alkanes) is 1. The molecule has 0 aliphatic rings. The van der Waals surface area contributed by atoms with E-state index in [0.717, 1.165) is 12.8 Å². The van der Waals surface area contributed by atoms with Gasteiger partial charge in [-0.05, 0) is 37.6 Å². The fraction of sp³-hybridized carbons (Fsp3) is 0.333. The number of aromatic nitrogens is 2. The Morgan fingerprint density at radius 3 is 2.72 bits per heavy atom. The third kappa shape index (κ3) is 2.78. The summed E-state index contributed by atoms with van der Waals surface area (Å²) in [5, 5.41) is 22.4. The van der Waals surface area contributed by atoms with Gasteiger partial charge in [0.2, 0.25) is 11.7 Å². The lowest BCUT2D eigenvalue weighted by atomic mass is 10.2. The third-order valence-corrected chi connectivity index (χ3v) is 2.55. The maximum atomic E-state index is 9.39. The van der Waals surface area contributed by atoms with Gasteiger partial charge in [0.25, 0.3) is 0 Å². The average molecular weight is 249 g/mol. The van der Waals surface area contributed by atoms with E-state index in [1.807, 2.05) is 0 Å². The van der Waals surface area contributed by atoms with E-state index in [2.05, 4.69) is 10.1 Å². The van der Waals surface area contributed by atoms with Crippen LogP contribution < -0.4 is 5.73 Å². The quantitative estimate of drug-likeness (QED) is 0.546. The van der Waals surface area contributed by atoms with Gasteiger partial charge in [-0.3, -0.25) is 0 Å². The van der Waals surface area contributed by atoms with Crippen molar-refractivity contribution >= 4 is 0 Å². The predicted octanol–water partition coefficient (Wildman–Crippen LogP) is 1.43. The minimum Gasteiger partial charge on any atom is -0.504 e. The highest BCUT2D eigenvalue weighted by Gasteiger charge is 2.10. The molecule has 0 atom stereocenters. The van der Waals surface area contributed by atoms with Crippen LogP contribution in [-0.2, 0) is 6.42 Å². The van der Waals surface area contributed by atoms with Crippen molar-refractivity contribution in [2.75, 3.05) is 6.54 Å². The number of hydrogen-bond donors (Lipinski definition) is 3. The van der Waals surface area contributed by atoms with Crippen LogP contribution in [0.1, 0.15) is 18.7 Å². The third-order valence-electron chi connectivity index (χ3n) is 2.55. The number of aryl methyl sites for hydroxylation is 1. The summed E-state index contributed by atoms with van der Waals surface area (Å²) >= 11 is 0. The number of benzene rings is 1. The Morgan fingerprint density at radius 1 is 1.17 bits per heavy atom. The van der Waals surface area contributed by atoms with Crippen molar-refractivity contribution in [3.05, 3.63) is 24.1 Å². The first-order chi connectivity index (χ1) is 8.70. The first-order valence-electron chi connectivity index (χ1n) is 5.75. The lowest BCUT2D eigenvalue weighted by molar-refractivity contribution is 0.375. The second-order valence-corrected chi connectivity index (χ2v) is 3.96. The Kier molecular flexibility index (Phi) is 3.78. The average Bonchev–Trinajstić information content (AvgIpc) is 2.82. The van der Waals surface area contributed by atoms with E-state index in [-0.39, 0.29) is 11.5 Å². The van der Waals surface area contributed by atoms with Crippen molar-refractivity contribution in [3.8, 4) is 22.9 Å². The molecular formula is C12H15N3O3. The van der Waals surface area contributed by atoms with Gasteiger partial charge in [0.05, 0.1) is 0 Å². The highest BCUT2D eigenvalue weighted by molar-refractivity contribution is 5.59. The van der Waals surface area contributed by atoms with Crippen molar-refractivity contribution in [2.24, 2.45) is 5.73 Å². The normalized spacial score (nSPS) is 10.7. The number of nitrogens with two attached hydrogens (primary N) is 1. The molecule has 0 fully saturated rings. The van der Waals surface area contributed by atoms with E-state index in [4.69, 9.17) is 10.3 Å². The SMILES string of the molecule is NCCCCc1nc(-c2ccc(O)c(O)c2)no1. The number of phenolic OH excluding ortho intramolecular Hbond substituents is 2. The smallest absolute Gasteiger partial charge is 0.226 e. The Bertz CT molecular complexity index is 525. The maximum Gasteiger partial charge on any atom is 0.226 e. The topological polar surface area (TPSA) is 105 Å². The monoisotopic (exact) mass is 249 g/mol.